The standard InChI is InChI=1S/C13H13BrN2O3/c1-3-7-16(4-2)13(19)15-11-8-9(12(17)18)5-6-10(11)14/h1,5-6,8H,4,7H2,2H3,(H,15,19)(H,17,18). The molecule has 0 fully saturated rings. The zero-order valence-corrected chi connectivity index (χ0v) is 11.9. The Hall–Kier alpha value is -2.00. The Morgan fingerprint density at radius 3 is 2.74 bits per heavy atom. The van der Waals surface area contributed by atoms with Crippen molar-refractivity contribution in [1.82, 2.24) is 4.90 Å². The van der Waals surface area contributed by atoms with Crippen LogP contribution < -0.4 is 5.32 Å². The van der Waals surface area contributed by atoms with Gasteiger partial charge >= 0.3 is 12.0 Å². The molecule has 2 N–H and O–H groups in total. The number of hydrogen-bond acceptors (Lipinski definition) is 2. The van der Waals surface area contributed by atoms with Gasteiger partial charge in [0.25, 0.3) is 0 Å². The number of aromatic carboxylic acids is 1. The summed E-state index contributed by atoms with van der Waals surface area (Å²) < 4.78 is 0.600. The van der Waals surface area contributed by atoms with Gasteiger partial charge < -0.3 is 15.3 Å². The Balaban J connectivity index is 2.92. The van der Waals surface area contributed by atoms with E-state index in [9.17, 15) is 9.59 Å². The fourth-order valence-electron chi connectivity index (χ4n) is 1.39. The van der Waals surface area contributed by atoms with Crippen LogP contribution in [0.15, 0.2) is 22.7 Å². The SMILES string of the molecule is C#CCN(CC)C(=O)Nc1cc(C(=O)O)ccc1Br. The van der Waals surface area contributed by atoms with E-state index >= 15 is 0 Å². The van der Waals surface area contributed by atoms with Gasteiger partial charge in [0.1, 0.15) is 0 Å². The molecule has 0 aliphatic rings. The van der Waals surface area contributed by atoms with Crippen LogP contribution in [0.3, 0.4) is 0 Å². The summed E-state index contributed by atoms with van der Waals surface area (Å²) in [6, 6.07) is 4.02. The minimum atomic E-state index is -1.06. The third kappa shape index (κ3) is 4.00. The Bertz CT molecular complexity index is 537. The fourth-order valence-corrected chi connectivity index (χ4v) is 1.73. The summed E-state index contributed by atoms with van der Waals surface area (Å²) in [7, 11) is 0. The van der Waals surface area contributed by atoms with Crippen molar-refractivity contribution in [3.63, 3.8) is 0 Å². The minimum Gasteiger partial charge on any atom is -0.478 e. The van der Waals surface area contributed by atoms with E-state index < -0.39 is 5.97 Å². The minimum absolute atomic E-state index is 0.0958. The van der Waals surface area contributed by atoms with Crippen molar-refractivity contribution in [3.05, 3.63) is 28.2 Å². The van der Waals surface area contributed by atoms with Gasteiger partial charge in [-0.1, -0.05) is 5.92 Å². The number of carboxylic acid groups (broad SMARTS) is 1. The number of amides is 2. The highest BCUT2D eigenvalue weighted by Gasteiger charge is 2.13. The lowest BCUT2D eigenvalue weighted by molar-refractivity contribution is 0.0697. The Morgan fingerprint density at radius 1 is 1.53 bits per heavy atom. The maximum atomic E-state index is 11.9. The van der Waals surface area contributed by atoms with Crippen molar-refractivity contribution in [2.24, 2.45) is 0 Å². The van der Waals surface area contributed by atoms with E-state index in [1.165, 1.54) is 17.0 Å². The number of anilines is 1. The number of urea groups is 1. The topological polar surface area (TPSA) is 69.6 Å². The zero-order valence-electron chi connectivity index (χ0n) is 10.3. The second kappa shape index (κ2) is 6.81. The molecule has 1 aromatic carbocycles. The molecule has 0 saturated heterocycles. The van der Waals surface area contributed by atoms with Crippen LogP contribution in [0.1, 0.15) is 17.3 Å². The number of nitrogens with zero attached hydrogens (tertiary/aromatic N) is 1. The van der Waals surface area contributed by atoms with E-state index in [1.54, 1.807) is 13.0 Å². The number of carbonyl (C=O) groups is 2. The van der Waals surface area contributed by atoms with E-state index in [0.717, 1.165) is 0 Å². The van der Waals surface area contributed by atoms with Crippen molar-refractivity contribution in [2.45, 2.75) is 6.92 Å². The molecule has 1 rings (SSSR count). The zero-order chi connectivity index (χ0) is 14.4. The summed E-state index contributed by atoms with van der Waals surface area (Å²) >= 11 is 3.25. The lowest BCUT2D eigenvalue weighted by atomic mass is 10.2. The molecule has 0 spiro atoms. The third-order valence-electron chi connectivity index (χ3n) is 2.41. The Kier molecular flexibility index (Phi) is 5.39. The van der Waals surface area contributed by atoms with Crippen LogP contribution in [-0.2, 0) is 0 Å². The molecule has 0 aliphatic heterocycles. The predicted molar refractivity (Wildman–Crippen MR) is 76.2 cm³/mol. The van der Waals surface area contributed by atoms with Gasteiger partial charge in [0.05, 0.1) is 17.8 Å². The van der Waals surface area contributed by atoms with Gasteiger partial charge in [0, 0.05) is 11.0 Å². The maximum Gasteiger partial charge on any atom is 0.335 e. The summed E-state index contributed by atoms with van der Waals surface area (Å²) in [5.74, 6) is 1.33. The van der Waals surface area contributed by atoms with Crippen molar-refractivity contribution >= 4 is 33.6 Å². The number of terminal acetylenes is 1. The van der Waals surface area contributed by atoms with Gasteiger partial charge in [-0.25, -0.2) is 9.59 Å². The van der Waals surface area contributed by atoms with Gasteiger partial charge in [0.15, 0.2) is 0 Å². The molecule has 0 heterocycles. The van der Waals surface area contributed by atoms with Crippen molar-refractivity contribution in [1.29, 1.82) is 0 Å². The number of hydrogen-bond donors (Lipinski definition) is 2. The number of halogens is 1. The molecule has 0 bridgehead atoms. The third-order valence-corrected chi connectivity index (χ3v) is 3.10. The van der Waals surface area contributed by atoms with E-state index in [1.807, 2.05) is 0 Å². The average molecular weight is 325 g/mol. The van der Waals surface area contributed by atoms with Crippen LogP contribution in [-0.4, -0.2) is 35.1 Å². The molecule has 1 aromatic rings. The van der Waals surface area contributed by atoms with E-state index in [0.29, 0.717) is 16.7 Å². The molecular weight excluding hydrogens is 312 g/mol. The number of nitrogens with one attached hydrogen (secondary N) is 1. The first-order valence-electron chi connectivity index (χ1n) is 5.51. The Labute approximate surface area is 119 Å². The predicted octanol–water partition coefficient (Wildman–Crippen LogP) is 2.63. The maximum absolute atomic E-state index is 11.9. The van der Waals surface area contributed by atoms with Gasteiger partial charge in [-0.15, -0.1) is 6.42 Å². The lowest BCUT2D eigenvalue weighted by Crippen LogP contribution is -2.35. The second-order valence-electron chi connectivity index (χ2n) is 3.65. The average Bonchev–Trinajstić information content (AvgIpc) is 2.38. The summed E-state index contributed by atoms with van der Waals surface area (Å²) in [6.07, 6.45) is 5.17. The monoisotopic (exact) mass is 324 g/mol. The second-order valence-corrected chi connectivity index (χ2v) is 4.50. The molecule has 0 radical (unpaired) electrons. The fraction of sp³-hybridized carbons (Fsp3) is 0.231. The van der Waals surface area contributed by atoms with Gasteiger partial charge in [-0.3, -0.25) is 0 Å². The molecule has 0 unspecified atom stereocenters. The van der Waals surface area contributed by atoms with E-state index in [2.05, 4.69) is 27.2 Å². The summed E-state index contributed by atoms with van der Waals surface area (Å²) in [6.45, 7) is 2.46. The summed E-state index contributed by atoms with van der Waals surface area (Å²) in [4.78, 5) is 24.2. The Morgan fingerprint density at radius 2 is 2.21 bits per heavy atom. The van der Waals surface area contributed by atoms with Gasteiger partial charge in [0.2, 0.25) is 0 Å². The molecule has 0 atom stereocenters. The number of benzene rings is 1. The quantitative estimate of drug-likeness (QED) is 0.836. The van der Waals surface area contributed by atoms with Gasteiger partial charge in [-0.05, 0) is 41.1 Å². The van der Waals surface area contributed by atoms with Crippen molar-refractivity contribution in [3.8, 4) is 12.3 Å². The number of rotatable bonds is 4. The first kappa shape index (κ1) is 15.1. The molecule has 0 aliphatic carbocycles. The highest BCUT2D eigenvalue weighted by atomic mass is 79.9. The highest BCUT2D eigenvalue weighted by Crippen LogP contribution is 2.24. The van der Waals surface area contributed by atoms with Crippen molar-refractivity contribution in [2.75, 3.05) is 18.4 Å². The van der Waals surface area contributed by atoms with Crippen LogP contribution >= 0.6 is 15.9 Å². The smallest absolute Gasteiger partial charge is 0.335 e. The summed E-state index contributed by atoms with van der Waals surface area (Å²) in [5, 5.41) is 11.5. The molecule has 19 heavy (non-hydrogen) atoms. The summed E-state index contributed by atoms with van der Waals surface area (Å²) in [5.41, 5.74) is 0.485. The largest absolute Gasteiger partial charge is 0.478 e. The first-order chi connectivity index (χ1) is 8.99. The molecular formula is C13H13BrN2O3. The van der Waals surface area contributed by atoms with Crippen molar-refractivity contribution < 1.29 is 14.7 Å². The van der Waals surface area contributed by atoms with E-state index in [4.69, 9.17) is 11.5 Å². The number of carboxylic acids is 1. The molecule has 0 saturated carbocycles. The van der Waals surface area contributed by atoms with Crippen LogP contribution in [0, 0.1) is 12.3 Å². The normalized spacial score (nSPS) is 9.53. The molecule has 6 heteroatoms. The van der Waals surface area contributed by atoms with Crippen LogP contribution in [0.25, 0.3) is 0 Å². The van der Waals surface area contributed by atoms with Crippen LogP contribution in [0.5, 0.6) is 0 Å². The van der Waals surface area contributed by atoms with Crippen LogP contribution in [0.2, 0.25) is 0 Å². The lowest BCUT2D eigenvalue weighted by Gasteiger charge is -2.19. The molecule has 100 valence electrons. The molecule has 2 amide bonds. The molecule has 0 aromatic heterocycles. The first-order valence-corrected chi connectivity index (χ1v) is 6.31. The van der Waals surface area contributed by atoms with E-state index in [-0.39, 0.29) is 18.1 Å². The van der Waals surface area contributed by atoms with Gasteiger partial charge in [-0.2, -0.15) is 0 Å². The highest BCUT2D eigenvalue weighted by molar-refractivity contribution is 9.10. The number of carbonyl (C=O) groups excluding carboxylic acids is 1. The van der Waals surface area contributed by atoms with Crippen LogP contribution in [0.4, 0.5) is 10.5 Å². The molecule has 5 nitrogen and oxygen atoms in total.